The maximum atomic E-state index is 11.9. The molecule has 0 radical (unpaired) electrons. The molecule has 0 saturated heterocycles. The largest absolute Gasteiger partial charge is 0.361 e. The minimum absolute atomic E-state index is 0.000654. The third-order valence-corrected chi connectivity index (χ3v) is 3.76. The number of hydrogen-bond acceptors (Lipinski definition) is 2. The van der Waals surface area contributed by atoms with Crippen molar-refractivity contribution in [3.8, 4) is 0 Å². The summed E-state index contributed by atoms with van der Waals surface area (Å²) < 4.78 is 0. The van der Waals surface area contributed by atoms with Crippen LogP contribution in [0, 0.1) is 0 Å². The van der Waals surface area contributed by atoms with Crippen molar-refractivity contribution >= 4 is 22.6 Å². The van der Waals surface area contributed by atoms with Crippen molar-refractivity contribution in [2.75, 3.05) is 0 Å². The highest BCUT2D eigenvalue weighted by Crippen LogP contribution is 2.33. The first-order valence-electron chi connectivity index (χ1n) is 6.84. The first-order valence-corrected chi connectivity index (χ1v) is 6.84. The second kappa shape index (κ2) is 5.05. The van der Waals surface area contributed by atoms with Gasteiger partial charge in [-0.15, -0.1) is 0 Å². The van der Waals surface area contributed by atoms with Crippen LogP contribution >= 0.6 is 0 Å². The molecule has 0 bridgehead atoms. The van der Waals surface area contributed by atoms with Gasteiger partial charge in [0.25, 0.3) is 0 Å². The minimum Gasteiger partial charge on any atom is -0.361 e. The van der Waals surface area contributed by atoms with Crippen molar-refractivity contribution in [2.45, 2.75) is 19.9 Å². The van der Waals surface area contributed by atoms with Gasteiger partial charge in [0.05, 0.1) is 6.04 Å². The van der Waals surface area contributed by atoms with Crippen LogP contribution in [-0.4, -0.2) is 21.6 Å². The number of fused-ring (bicyclic) bond motifs is 1. The number of ketones is 1. The van der Waals surface area contributed by atoms with Gasteiger partial charge in [-0.25, -0.2) is 0 Å². The van der Waals surface area contributed by atoms with Crippen molar-refractivity contribution in [3.63, 3.8) is 0 Å². The van der Waals surface area contributed by atoms with Crippen LogP contribution < -0.4 is 0 Å². The molecule has 1 atom stereocenters. The number of aromatic nitrogens is 1. The Morgan fingerprint density at radius 1 is 1.19 bits per heavy atom. The SMILES string of the molecule is CC(=O)C1=CC(c2c[nH]c3ccccc23)N(C(C)=O)C=C1. The smallest absolute Gasteiger partial charge is 0.224 e. The average molecular weight is 280 g/mol. The lowest BCUT2D eigenvalue weighted by Gasteiger charge is -2.28. The summed E-state index contributed by atoms with van der Waals surface area (Å²) in [5, 5.41) is 1.06. The number of nitrogens with zero attached hydrogens (tertiary/aromatic N) is 1. The van der Waals surface area contributed by atoms with Gasteiger partial charge in [0.2, 0.25) is 5.91 Å². The van der Waals surface area contributed by atoms with Gasteiger partial charge >= 0.3 is 0 Å². The number of nitrogens with one attached hydrogen (secondary N) is 1. The van der Waals surface area contributed by atoms with Crippen LogP contribution in [0.15, 0.2) is 54.4 Å². The van der Waals surface area contributed by atoms with Gasteiger partial charge in [-0.05, 0) is 25.1 Å². The third kappa shape index (κ3) is 2.29. The van der Waals surface area contributed by atoms with Gasteiger partial charge in [0.15, 0.2) is 5.78 Å². The van der Waals surface area contributed by atoms with E-state index in [4.69, 9.17) is 0 Å². The molecule has 4 nitrogen and oxygen atoms in total. The molecule has 1 aromatic carbocycles. The normalized spacial score (nSPS) is 17.9. The van der Waals surface area contributed by atoms with E-state index in [1.54, 1.807) is 17.2 Å². The van der Waals surface area contributed by atoms with E-state index in [0.717, 1.165) is 16.5 Å². The Balaban J connectivity index is 2.14. The molecule has 0 fully saturated rings. The summed E-state index contributed by atoms with van der Waals surface area (Å²) in [6.07, 6.45) is 7.12. The highest BCUT2D eigenvalue weighted by atomic mass is 16.2. The van der Waals surface area contributed by atoms with Crippen LogP contribution in [-0.2, 0) is 9.59 Å². The summed E-state index contributed by atoms with van der Waals surface area (Å²) in [6.45, 7) is 3.06. The van der Waals surface area contributed by atoms with Crippen molar-refractivity contribution in [1.29, 1.82) is 0 Å². The van der Waals surface area contributed by atoms with Crippen LogP contribution in [0.5, 0.6) is 0 Å². The lowest BCUT2D eigenvalue weighted by molar-refractivity contribution is -0.127. The number of rotatable bonds is 2. The van der Waals surface area contributed by atoms with Crippen LogP contribution in [0.3, 0.4) is 0 Å². The number of allylic oxidation sites excluding steroid dienone is 2. The van der Waals surface area contributed by atoms with Crippen LogP contribution in [0.25, 0.3) is 10.9 Å². The van der Waals surface area contributed by atoms with E-state index in [2.05, 4.69) is 4.98 Å². The number of carbonyl (C=O) groups is 2. The van der Waals surface area contributed by atoms with E-state index in [1.165, 1.54) is 13.8 Å². The molecular formula is C17H16N2O2. The van der Waals surface area contributed by atoms with Crippen LogP contribution in [0.4, 0.5) is 0 Å². The molecule has 1 aliphatic rings. The van der Waals surface area contributed by atoms with E-state index in [0.29, 0.717) is 5.57 Å². The zero-order valence-electron chi connectivity index (χ0n) is 12.0. The standard InChI is InChI=1S/C17H16N2O2/c1-11(20)13-7-8-19(12(2)21)17(9-13)15-10-18-16-6-4-3-5-14(15)16/h3-10,17-18H,1-2H3. The molecule has 0 aliphatic carbocycles. The van der Waals surface area contributed by atoms with E-state index < -0.39 is 0 Å². The maximum Gasteiger partial charge on any atom is 0.224 e. The molecule has 0 saturated carbocycles. The van der Waals surface area contributed by atoms with Gasteiger partial charge in [-0.3, -0.25) is 9.59 Å². The molecule has 2 heterocycles. The molecule has 0 spiro atoms. The number of carbonyl (C=O) groups excluding carboxylic acids is 2. The van der Waals surface area contributed by atoms with Crippen molar-refractivity contribution < 1.29 is 9.59 Å². The number of para-hydroxylation sites is 1. The molecule has 21 heavy (non-hydrogen) atoms. The van der Waals surface area contributed by atoms with E-state index in [1.807, 2.05) is 36.5 Å². The Bertz CT molecular complexity index is 783. The number of aromatic amines is 1. The third-order valence-electron chi connectivity index (χ3n) is 3.76. The minimum atomic E-state index is -0.262. The summed E-state index contributed by atoms with van der Waals surface area (Å²) in [5.41, 5.74) is 2.63. The summed E-state index contributed by atoms with van der Waals surface area (Å²) in [4.78, 5) is 28.3. The summed E-state index contributed by atoms with van der Waals surface area (Å²) in [5.74, 6) is -0.0559. The Morgan fingerprint density at radius 3 is 2.67 bits per heavy atom. The molecule has 106 valence electrons. The highest BCUT2D eigenvalue weighted by Gasteiger charge is 2.25. The highest BCUT2D eigenvalue weighted by molar-refractivity contribution is 5.97. The first-order chi connectivity index (χ1) is 10.1. The zero-order valence-corrected chi connectivity index (χ0v) is 12.0. The molecule has 1 unspecified atom stereocenters. The van der Waals surface area contributed by atoms with Gasteiger partial charge in [0, 0.05) is 41.4 Å². The Labute approximate surface area is 122 Å². The fraction of sp³-hybridized carbons (Fsp3) is 0.176. The van der Waals surface area contributed by atoms with Crippen molar-refractivity contribution in [3.05, 3.63) is 60.0 Å². The van der Waals surface area contributed by atoms with E-state index in [-0.39, 0.29) is 17.7 Å². The quantitative estimate of drug-likeness (QED) is 0.919. The van der Waals surface area contributed by atoms with Crippen LogP contribution in [0.2, 0.25) is 0 Å². The monoisotopic (exact) mass is 280 g/mol. The lowest BCUT2D eigenvalue weighted by atomic mass is 9.97. The Kier molecular flexibility index (Phi) is 3.22. The fourth-order valence-electron chi connectivity index (χ4n) is 2.67. The molecule has 1 aliphatic heterocycles. The van der Waals surface area contributed by atoms with E-state index >= 15 is 0 Å². The second-order valence-corrected chi connectivity index (χ2v) is 5.15. The summed E-state index contributed by atoms with van der Waals surface area (Å²) >= 11 is 0. The molecule has 2 aromatic rings. The van der Waals surface area contributed by atoms with Gasteiger partial charge in [0.1, 0.15) is 0 Å². The van der Waals surface area contributed by atoms with Gasteiger partial charge < -0.3 is 9.88 Å². The molecule has 1 aromatic heterocycles. The Hall–Kier alpha value is -2.62. The lowest BCUT2D eigenvalue weighted by Crippen LogP contribution is -2.29. The molecule has 3 rings (SSSR count). The topological polar surface area (TPSA) is 53.2 Å². The average Bonchev–Trinajstić information content (AvgIpc) is 2.90. The number of H-pyrrole nitrogens is 1. The number of hydrogen-bond donors (Lipinski definition) is 1. The van der Waals surface area contributed by atoms with Gasteiger partial charge in [-0.2, -0.15) is 0 Å². The summed E-state index contributed by atoms with van der Waals surface area (Å²) in [6, 6.07) is 7.67. The molecule has 1 amide bonds. The fourth-order valence-corrected chi connectivity index (χ4v) is 2.67. The number of Topliss-reactive ketones (excluding diaryl/α,β-unsaturated/α-hetero) is 1. The molecule has 1 N–H and O–H groups in total. The summed E-state index contributed by atoms with van der Waals surface area (Å²) in [7, 11) is 0. The molecular weight excluding hydrogens is 264 g/mol. The van der Waals surface area contributed by atoms with Crippen molar-refractivity contribution in [2.24, 2.45) is 0 Å². The second-order valence-electron chi connectivity index (χ2n) is 5.15. The number of benzene rings is 1. The van der Waals surface area contributed by atoms with Crippen LogP contribution in [0.1, 0.15) is 25.5 Å². The zero-order chi connectivity index (χ0) is 15.0. The Morgan fingerprint density at radius 2 is 1.95 bits per heavy atom. The molecule has 4 heteroatoms. The predicted molar refractivity (Wildman–Crippen MR) is 81.5 cm³/mol. The maximum absolute atomic E-state index is 11.9. The van der Waals surface area contributed by atoms with Gasteiger partial charge in [-0.1, -0.05) is 18.2 Å². The first kappa shape index (κ1) is 13.4. The number of amides is 1. The van der Waals surface area contributed by atoms with E-state index in [9.17, 15) is 9.59 Å². The van der Waals surface area contributed by atoms with Crippen molar-refractivity contribution in [1.82, 2.24) is 9.88 Å². The predicted octanol–water partition coefficient (Wildman–Crippen LogP) is 3.10.